The summed E-state index contributed by atoms with van der Waals surface area (Å²) in [4.78, 5) is 14.6. The summed E-state index contributed by atoms with van der Waals surface area (Å²) in [6.45, 7) is 0. The van der Waals surface area contributed by atoms with Crippen LogP contribution in [0.15, 0.2) is 104 Å². The predicted octanol–water partition coefficient (Wildman–Crippen LogP) is 4.93. The van der Waals surface area contributed by atoms with E-state index in [2.05, 4.69) is 20.3 Å². The molecule has 0 atom stereocenters. The molecular formula is C27H19N7. The molecule has 3 aromatic carbocycles. The summed E-state index contributed by atoms with van der Waals surface area (Å²) in [5.41, 5.74) is 6.58. The normalized spacial score (nSPS) is 11.1. The van der Waals surface area contributed by atoms with Crippen molar-refractivity contribution in [1.82, 2.24) is 34.9 Å². The molecule has 0 radical (unpaired) electrons. The topological polar surface area (TPSA) is 82.3 Å². The highest BCUT2D eigenvalue weighted by atomic mass is 15.3. The maximum Gasteiger partial charge on any atom is 0.138 e. The van der Waals surface area contributed by atoms with Gasteiger partial charge in [0.1, 0.15) is 28.9 Å². The summed E-state index contributed by atoms with van der Waals surface area (Å²) < 4.78 is 1.84. The standard InChI is InChI=1S/C27H19N7/c1-4-10-19(11-5-1)25-22(16-24-28-18-30-34(24)21-14-8-3-9-15-21)31-27-23(32-25)17-29-33-26(27)20-12-6-2-7-13-20/h1-15,17-18H,16H2. The fourth-order valence-electron chi connectivity index (χ4n) is 4.00. The van der Waals surface area contributed by atoms with Crippen LogP contribution in [0.2, 0.25) is 0 Å². The smallest absolute Gasteiger partial charge is 0.138 e. The van der Waals surface area contributed by atoms with Gasteiger partial charge in [-0.25, -0.2) is 19.6 Å². The van der Waals surface area contributed by atoms with E-state index in [4.69, 9.17) is 9.97 Å². The SMILES string of the molecule is c1ccc(-c2nc3cnnc(-c4ccccc4)c3nc2Cc2ncnn2-c2ccccc2)cc1. The first kappa shape index (κ1) is 19.9. The number of fused-ring (bicyclic) bond motifs is 1. The van der Waals surface area contributed by atoms with E-state index in [-0.39, 0.29) is 0 Å². The van der Waals surface area contributed by atoms with Gasteiger partial charge in [0.2, 0.25) is 0 Å². The molecule has 0 unspecified atom stereocenters. The number of aromatic nitrogens is 7. The Hall–Kier alpha value is -4.78. The molecular weight excluding hydrogens is 422 g/mol. The molecule has 0 fully saturated rings. The summed E-state index contributed by atoms with van der Waals surface area (Å²) in [5, 5.41) is 13.0. The lowest BCUT2D eigenvalue weighted by Crippen LogP contribution is -2.08. The van der Waals surface area contributed by atoms with Gasteiger partial charge in [0.25, 0.3) is 0 Å². The van der Waals surface area contributed by atoms with Gasteiger partial charge < -0.3 is 0 Å². The minimum absolute atomic E-state index is 0.457. The lowest BCUT2D eigenvalue weighted by Gasteiger charge is -2.12. The number of benzene rings is 3. The van der Waals surface area contributed by atoms with E-state index in [0.29, 0.717) is 23.1 Å². The minimum atomic E-state index is 0.457. The van der Waals surface area contributed by atoms with Crippen molar-refractivity contribution in [2.45, 2.75) is 6.42 Å². The van der Waals surface area contributed by atoms with Crippen molar-refractivity contribution in [2.75, 3.05) is 0 Å². The number of hydrogen-bond donors (Lipinski definition) is 0. The summed E-state index contributed by atoms with van der Waals surface area (Å²) >= 11 is 0. The number of rotatable bonds is 5. The van der Waals surface area contributed by atoms with Crippen LogP contribution >= 0.6 is 0 Å². The molecule has 0 saturated carbocycles. The van der Waals surface area contributed by atoms with E-state index in [1.54, 1.807) is 12.5 Å². The second-order valence-corrected chi connectivity index (χ2v) is 7.78. The Kier molecular flexibility index (Phi) is 5.04. The van der Waals surface area contributed by atoms with E-state index in [1.165, 1.54) is 0 Å². The fraction of sp³-hybridized carbons (Fsp3) is 0.0370. The van der Waals surface area contributed by atoms with Crippen LogP contribution in [0.1, 0.15) is 11.5 Å². The van der Waals surface area contributed by atoms with Gasteiger partial charge in [-0.3, -0.25) is 0 Å². The lowest BCUT2D eigenvalue weighted by molar-refractivity contribution is 0.805. The van der Waals surface area contributed by atoms with Crippen molar-refractivity contribution in [3.63, 3.8) is 0 Å². The Balaban J connectivity index is 1.55. The Labute approximate surface area is 195 Å². The van der Waals surface area contributed by atoms with E-state index < -0.39 is 0 Å². The molecule has 7 heteroatoms. The molecule has 162 valence electrons. The monoisotopic (exact) mass is 441 g/mol. The van der Waals surface area contributed by atoms with Gasteiger partial charge >= 0.3 is 0 Å². The zero-order valence-corrected chi connectivity index (χ0v) is 18.2. The van der Waals surface area contributed by atoms with Gasteiger partial charge in [-0.2, -0.15) is 10.2 Å². The first-order valence-corrected chi connectivity index (χ1v) is 10.9. The van der Waals surface area contributed by atoms with E-state index in [0.717, 1.165) is 34.0 Å². The molecule has 6 rings (SSSR count). The quantitative estimate of drug-likeness (QED) is 0.377. The van der Waals surface area contributed by atoms with Crippen LogP contribution in [0.5, 0.6) is 0 Å². The van der Waals surface area contributed by atoms with Crippen molar-refractivity contribution in [3.05, 3.63) is 115 Å². The lowest BCUT2D eigenvalue weighted by atomic mass is 10.1. The fourth-order valence-corrected chi connectivity index (χ4v) is 4.00. The molecule has 6 aromatic rings. The number of nitrogens with zero attached hydrogens (tertiary/aromatic N) is 7. The van der Waals surface area contributed by atoms with Crippen molar-refractivity contribution >= 4 is 11.0 Å². The number of hydrogen-bond acceptors (Lipinski definition) is 6. The van der Waals surface area contributed by atoms with Gasteiger partial charge in [0.15, 0.2) is 0 Å². The zero-order valence-electron chi connectivity index (χ0n) is 18.2. The maximum absolute atomic E-state index is 5.09. The third-order valence-electron chi connectivity index (χ3n) is 5.60. The van der Waals surface area contributed by atoms with Crippen molar-refractivity contribution < 1.29 is 0 Å². The van der Waals surface area contributed by atoms with Crippen LogP contribution in [-0.4, -0.2) is 34.9 Å². The van der Waals surface area contributed by atoms with Gasteiger partial charge in [-0.1, -0.05) is 78.9 Å². The Morgan fingerprint density at radius 3 is 2.03 bits per heavy atom. The third-order valence-corrected chi connectivity index (χ3v) is 5.60. The van der Waals surface area contributed by atoms with Crippen LogP contribution < -0.4 is 0 Å². The molecule has 0 amide bonds. The summed E-state index contributed by atoms with van der Waals surface area (Å²) in [6.07, 6.45) is 3.69. The third kappa shape index (κ3) is 3.69. The minimum Gasteiger partial charge on any atom is -0.246 e. The van der Waals surface area contributed by atoms with Gasteiger partial charge in [-0.15, -0.1) is 5.10 Å². The Morgan fingerprint density at radius 2 is 1.32 bits per heavy atom. The van der Waals surface area contributed by atoms with E-state index in [9.17, 15) is 0 Å². The number of para-hydroxylation sites is 1. The molecule has 0 N–H and O–H groups in total. The summed E-state index contributed by atoms with van der Waals surface area (Å²) in [6, 6.07) is 29.9. The van der Waals surface area contributed by atoms with Crippen LogP contribution in [-0.2, 0) is 6.42 Å². The first-order valence-electron chi connectivity index (χ1n) is 10.9. The summed E-state index contributed by atoms with van der Waals surface area (Å²) in [7, 11) is 0. The molecule has 7 nitrogen and oxygen atoms in total. The Morgan fingerprint density at radius 1 is 0.676 bits per heavy atom. The first-order chi connectivity index (χ1) is 16.9. The van der Waals surface area contributed by atoms with Gasteiger partial charge in [-0.05, 0) is 12.1 Å². The highest BCUT2D eigenvalue weighted by molar-refractivity contribution is 5.89. The molecule has 3 aromatic heterocycles. The van der Waals surface area contributed by atoms with E-state index in [1.807, 2.05) is 95.7 Å². The van der Waals surface area contributed by atoms with Crippen molar-refractivity contribution in [1.29, 1.82) is 0 Å². The largest absolute Gasteiger partial charge is 0.246 e. The van der Waals surface area contributed by atoms with Crippen molar-refractivity contribution in [3.8, 4) is 28.2 Å². The van der Waals surface area contributed by atoms with Crippen LogP contribution in [0.3, 0.4) is 0 Å². The highest BCUT2D eigenvalue weighted by Gasteiger charge is 2.18. The molecule has 0 bridgehead atoms. The van der Waals surface area contributed by atoms with Gasteiger partial charge in [0.05, 0.1) is 29.7 Å². The molecule has 34 heavy (non-hydrogen) atoms. The molecule has 3 heterocycles. The van der Waals surface area contributed by atoms with Gasteiger partial charge in [0, 0.05) is 11.1 Å². The van der Waals surface area contributed by atoms with Crippen LogP contribution in [0.4, 0.5) is 0 Å². The average Bonchev–Trinajstić information content (AvgIpc) is 3.37. The second kappa shape index (κ2) is 8.63. The molecule has 0 aliphatic heterocycles. The van der Waals surface area contributed by atoms with E-state index >= 15 is 0 Å². The Bertz CT molecular complexity index is 1560. The zero-order chi connectivity index (χ0) is 22.7. The summed E-state index contributed by atoms with van der Waals surface area (Å²) in [5.74, 6) is 0.778. The molecule has 0 saturated heterocycles. The second-order valence-electron chi connectivity index (χ2n) is 7.78. The molecule has 0 aliphatic rings. The highest BCUT2D eigenvalue weighted by Crippen LogP contribution is 2.29. The van der Waals surface area contributed by atoms with Crippen LogP contribution in [0.25, 0.3) is 39.2 Å². The molecule has 0 aliphatic carbocycles. The van der Waals surface area contributed by atoms with Crippen LogP contribution in [0, 0.1) is 0 Å². The average molecular weight is 441 g/mol. The maximum atomic E-state index is 5.09. The predicted molar refractivity (Wildman–Crippen MR) is 130 cm³/mol. The molecule has 0 spiro atoms. The van der Waals surface area contributed by atoms with Crippen molar-refractivity contribution in [2.24, 2.45) is 0 Å².